The first-order valence-electron chi connectivity index (χ1n) is 9.40. The number of aliphatic hydroxyl groups is 1. The first-order chi connectivity index (χ1) is 12.6. The van der Waals surface area contributed by atoms with Crippen LogP contribution < -0.4 is 19.5 Å². The molecule has 26 heavy (non-hydrogen) atoms. The second-order valence-corrected chi connectivity index (χ2v) is 6.28. The lowest BCUT2D eigenvalue weighted by molar-refractivity contribution is -0.121. The number of hydrogen-bond acceptors (Lipinski definition) is 5. The maximum absolute atomic E-state index is 11.8. The summed E-state index contributed by atoms with van der Waals surface area (Å²) in [6, 6.07) is 5.31. The van der Waals surface area contributed by atoms with Crippen molar-refractivity contribution >= 4 is 5.91 Å². The van der Waals surface area contributed by atoms with Crippen LogP contribution in [0.1, 0.15) is 51.9 Å². The Morgan fingerprint density at radius 3 is 2.31 bits per heavy atom. The van der Waals surface area contributed by atoms with E-state index in [4.69, 9.17) is 14.2 Å². The van der Waals surface area contributed by atoms with Gasteiger partial charge in [0, 0.05) is 13.0 Å². The van der Waals surface area contributed by atoms with Gasteiger partial charge in [-0.3, -0.25) is 4.79 Å². The average molecular weight is 367 g/mol. The second kappa shape index (κ2) is 13.3. The zero-order valence-electron chi connectivity index (χ0n) is 16.3. The molecule has 0 aliphatic rings. The summed E-state index contributed by atoms with van der Waals surface area (Å²) in [5.74, 6) is 1.47. The van der Waals surface area contributed by atoms with Gasteiger partial charge in [0.15, 0.2) is 11.5 Å². The van der Waals surface area contributed by atoms with E-state index in [-0.39, 0.29) is 19.1 Å². The Balaban J connectivity index is 2.26. The van der Waals surface area contributed by atoms with E-state index in [1.807, 2.05) is 0 Å². The molecule has 0 bridgehead atoms. The molecule has 0 spiro atoms. The maximum atomic E-state index is 11.8. The predicted octanol–water partition coefficient (Wildman–Crippen LogP) is 3.31. The molecule has 1 atom stereocenters. The summed E-state index contributed by atoms with van der Waals surface area (Å²) >= 11 is 0. The molecule has 1 rings (SSSR count). The standard InChI is InChI=1S/C20H33NO5/c1-4-5-6-7-8-9-13-19(23)21-14-16(22)15-26-20-17(24-2)11-10-12-18(20)25-3/h10-12,16,22H,4-9,13-15H2,1-3H3,(H,21,23). The minimum absolute atomic E-state index is 0.0330. The van der Waals surface area contributed by atoms with Crippen molar-refractivity contribution < 1.29 is 24.1 Å². The van der Waals surface area contributed by atoms with Crippen LogP contribution in [0.15, 0.2) is 18.2 Å². The fourth-order valence-electron chi connectivity index (χ4n) is 2.58. The summed E-state index contributed by atoms with van der Waals surface area (Å²) in [5.41, 5.74) is 0. The molecule has 0 fully saturated rings. The number of amides is 1. The van der Waals surface area contributed by atoms with Gasteiger partial charge in [0.1, 0.15) is 12.7 Å². The number of nitrogens with one attached hydrogen (secondary N) is 1. The van der Waals surface area contributed by atoms with Gasteiger partial charge in [-0.1, -0.05) is 45.1 Å². The van der Waals surface area contributed by atoms with Crippen molar-refractivity contribution in [3.8, 4) is 17.2 Å². The molecule has 0 saturated carbocycles. The molecule has 0 radical (unpaired) electrons. The average Bonchev–Trinajstić information content (AvgIpc) is 2.66. The summed E-state index contributed by atoms with van der Waals surface area (Å²) in [7, 11) is 3.08. The summed E-state index contributed by atoms with van der Waals surface area (Å²) in [5, 5.41) is 12.8. The van der Waals surface area contributed by atoms with Crippen LogP contribution in [0.4, 0.5) is 0 Å². The third-order valence-electron chi connectivity index (χ3n) is 4.09. The van der Waals surface area contributed by atoms with Crippen molar-refractivity contribution in [1.29, 1.82) is 0 Å². The molecular weight excluding hydrogens is 334 g/mol. The summed E-state index contributed by atoms with van der Waals surface area (Å²) in [6.07, 6.45) is 6.56. The largest absolute Gasteiger partial charge is 0.493 e. The van der Waals surface area contributed by atoms with Crippen LogP contribution in [0.25, 0.3) is 0 Å². The lowest BCUT2D eigenvalue weighted by Crippen LogP contribution is -2.35. The highest BCUT2D eigenvalue weighted by Gasteiger charge is 2.14. The van der Waals surface area contributed by atoms with E-state index < -0.39 is 6.10 Å². The first-order valence-corrected chi connectivity index (χ1v) is 9.40. The van der Waals surface area contributed by atoms with E-state index in [9.17, 15) is 9.90 Å². The van der Waals surface area contributed by atoms with Crippen LogP contribution in [0, 0.1) is 0 Å². The molecule has 0 aromatic heterocycles. The molecule has 6 heteroatoms. The van der Waals surface area contributed by atoms with Gasteiger partial charge >= 0.3 is 0 Å². The lowest BCUT2D eigenvalue weighted by atomic mass is 10.1. The number of carbonyl (C=O) groups is 1. The van der Waals surface area contributed by atoms with Crippen LogP contribution in [0.3, 0.4) is 0 Å². The van der Waals surface area contributed by atoms with Crippen LogP contribution in [0.2, 0.25) is 0 Å². The second-order valence-electron chi connectivity index (χ2n) is 6.28. The van der Waals surface area contributed by atoms with Crippen LogP contribution >= 0.6 is 0 Å². The molecule has 0 heterocycles. The van der Waals surface area contributed by atoms with Gasteiger partial charge in [-0.25, -0.2) is 0 Å². The number of methoxy groups -OCH3 is 2. The van der Waals surface area contributed by atoms with Gasteiger partial charge in [0.2, 0.25) is 11.7 Å². The quantitative estimate of drug-likeness (QED) is 0.493. The Labute approximate surface area is 156 Å². The third kappa shape index (κ3) is 8.43. The fourth-order valence-corrected chi connectivity index (χ4v) is 2.58. The maximum Gasteiger partial charge on any atom is 0.220 e. The number of unbranched alkanes of at least 4 members (excludes halogenated alkanes) is 5. The van der Waals surface area contributed by atoms with E-state index in [0.29, 0.717) is 23.7 Å². The van der Waals surface area contributed by atoms with Gasteiger partial charge in [0.25, 0.3) is 0 Å². The number of hydrogen-bond donors (Lipinski definition) is 2. The molecule has 1 amide bonds. The van der Waals surface area contributed by atoms with Gasteiger partial charge in [0.05, 0.1) is 14.2 Å². The van der Waals surface area contributed by atoms with Gasteiger partial charge in [-0.05, 0) is 18.6 Å². The highest BCUT2D eigenvalue weighted by atomic mass is 16.5. The Morgan fingerprint density at radius 2 is 1.69 bits per heavy atom. The Morgan fingerprint density at radius 1 is 1.08 bits per heavy atom. The van der Waals surface area contributed by atoms with Crippen molar-refractivity contribution in [1.82, 2.24) is 5.32 Å². The van der Waals surface area contributed by atoms with Crippen molar-refractivity contribution in [2.45, 2.75) is 58.0 Å². The van der Waals surface area contributed by atoms with Crippen molar-refractivity contribution in [2.24, 2.45) is 0 Å². The zero-order valence-corrected chi connectivity index (χ0v) is 16.3. The third-order valence-corrected chi connectivity index (χ3v) is 4.09. The molecule has 0 saturated heterocycles. The SMILES string of the molecule is CCCCCCCCC(=O)NCC(O)COc1c(OC)cccc1OC. The number of benzene rings is 1. The number of aliphatic hydroxyl groups excluding tert-OH is 1. The van der Waals surface area contributed by atoms with Gasteiger partial charge < -0.3 is 24.6 Å². The first kappa shape index (κ1) is 22.1. The van der Waals surface area contributed by atoms with Crippen LogP contribution in [-0.4, -0.2) is 44.5 Å². The normalized spacial score (nSPS) is 11.7. The van der Waals surface area contributed by atoms with Crippen LogP contribution in [0.5, 0.6) is 17.2 Å². The Kier molecular flexibility index (Phi) is 11.3. The Hall–Kier alpha value is -1.95. The minimum Gasteiger partial charge on any atom is -0.493 e. The van der Waals surface area contributed by atoms with Crippen LogP contribution in [-0.2, 0) is 4.79 Å². The molecule has 1 aromatic rings. The number of para-hydroxylation sites is 1. The lowest BCUT2D eigenvalue weighted by Gasteiger charge is -2.17. The molecule has 1 aromatic carbocycles. The highest BCUT2D eigenvalue weighted by molar-refractivity contribution is 5.75. The number of rotatable bonds is 14. The van der Waals surface area contributed by atoms with Gasteiger partial charge in [-0.15, -0.1) is 0 Å². The van der Waals surface area contributed by atoms with E-state index in [1.54, 1.807) is 32.4 Å². The summed E-state index contributed by atoms with van der Waals surface area (Å²) in [6.45, 7) is 2.38. The topological polar surface area (TPSA) is 77.0 Å². The summed E-state index contributed by atoms with van der Waals surface area (Å²) in [4.78, 5) is 11.8. The van der Waals surface area contributed by atoms with E-state index in [1.165, 1.54) is 25.7 Å². The zero-order chi connectivity index (χ0) is 19.2. The van der Waals surface area contributed by atoms with E-state index in [2.05, 4.69) is 12.2 Å². The number of carbonyl (C=O) groups excluding carboxylic acids is 1. The Bertz CT molecular complexity index is 499. The van der Waals surface area contributed by atoms with Crippen molar-refractivity contribution in [3.05, 3.63) is 18.2 Å². The monoisotopic (exact) mass is 367 g/mol. The predicted molar refractivity (Wildman–Crippen MR) is 102 cm³/mol. The molecule has 0 aliphatic heterocycles. The van der Waals surface area contributed by atoms with Crippen molar-refractivity contribution in [3.63, 3.8) is 0 Å². The van der Waals surface area contributed by atoms with Gasteiger partial charge in [-0.2, -0.15) is 0 Å². The molecule has 6 nitrogen and oxygen atoms in total. The van der Waals surface area contributed by atoms with E-state index >= 15 is 0 Å². The smallest absolute Gasteiger partial charge is 0.220 e. The fraction of sp³-hybridized carbons (Fsp3) is 0.650. The molecule has 1 unspecified atom stereocenters. The molecule has 0 aliphatic carbocycles. The number of ether oxygens (including phenoxy) is 3. The highest BCUT2D eigenvalue weighted by Crippen LogP contribution is 2.36. The van der Waals surface area contributed by atoms with E-state index in [0.717, 1.165) is 12.8 Å². The minimum atomic E-state index is -0.807. The molecule has 2 N–H and O–H groups in total. The molecular formula is C20H33NO5. The summed E-state index contributed by atoms with van der Waals surface area (Å²) < 4.78 is 16.1. The molecule has 148 valence electrons. The van der Waals surface area contributed by atoms with Crippen molar-refractivity contribution in [2.75, 3.05) is 27.4 Å².